The van der Waals surface area contributed by atoms with Gasteiger partial charge in [0, 0.05) is 19.7 Å². The van der Waals surface area contributed by atoms with E-state index < -0.39 is 0 Å². The number of hydrogen-bond acceptors (Lipinski definition) is 5. The summed E-state index contributed by atoms with van der Waals surface area (Å²) in [5.74, 6) is 1.68. The molecular formula is C11H20N4O. The zero-order chi connectivity index (χ0) is 12.0. The van der Waals surface area contributed by atoms with Crippen LogP contribution in [0.15, 0.2) is 6.07 Å². The highest BCUT2D eigenvalue weighted by molar-refractivity contribution is 5.35. The molecule has 1 aromatic rings. The van der Waals surface area contributed by atoms with Crippen molar-refractivity contribution in [2.45, 2.75) is 20.1 Å². The fraction of sp³-hybridized carbons (Fsp3) is 0.636. The minimum absolute atomic E-state index is 0.515. The monoisotopic (exact) mass is 224 g/mol. The molecule has 0 aromatic carbocycles. The quantitative estimate of drug-likeness (QED) is 0.784. The summed E-state index contributed by atoms with van der Waals surface area (Å²) < 4.78 is 5.09. The lowest BCUT2D eigenvalue weighted by Gasteiger charge is -2.11. The Hall–Kier alpha value is -1.20. The van der Waals surface area contributed by atoms with Crippen LogP contribution in [0.1, 0.15) is 18.4 Å². The molecule has 0 radical (unpaired) electrons. The molecule has 0 amide bonds. The third-order valence-corrected chi connectivity index (χ3v) is 1.93. The lowest BCUT2D eigenvalue weighted by Crippen LogP contribution is -2.15. The Bertz CT molecular complexity index is 304. The highest BCUT2D eigenvalue weighted by Crippen LogP contribution is 2.08. The summed E-state index contributed by atoms with van der Waals surface area (Å²) >= 11 is 0. The van der Waals surface area contributed by atoms with Gasteiger partial charge in [-0.05, 0) is 21.0 Å². The Morgan fingerprint density at radius 3 is 2.69 bits per heavy atom. The molecule has 0 fully saturated rings. The smallest absolute Gasteiger partial charge is 0.145 e. The Morgan fingerprint density at radius 2 is 2.12 bits per heavy atom. The molecule has 0 unspecified atom stereocenters. The van der Waals surface area contributed by atoms with Gasteiger partial charge >= 0.3 is 0 Å². The number of ether oxygens (including phenoxy) is 1. The van der Waals surface area contributed by atoms with E-state index in [0.29, 0.717) is 6.61 Å². The largest absolute Gasteiger partial charge is 0.378 e. The molecule has 0 aliphatic carbocycles. The van der Waals surface area contributed by atoms with E-state index in [-0.39, 0.29) is 0 Å². The van der Waals surface area contributed by atoms with E-state index in [1.165, 1.54) is 0 Å². The highest BCUT2D eigenvalue weighted by Gasteiger charge is 2.05. The van der Waals surface area contributed by atoms with Crippen LogP contribution in [0.25, 0.3) is 0 Å². The lowest BCUT2D eigenvalue weighted by molar-refractivity contribution is 0.181. The molecule has 0 saturated carbocycles. The van der Waals surface area contributed by atoms with Gasteiger partial charge < -0.3 is 15.0 Å². The van der Waals surface area contributed by atoms with Crippen molar-refractivity contribution in [2.24, 2.45) is 0 Å². The topological polar surface area (TPSA) is 50.3 Å². The van der Waals surface area contributed by atoms with Gasteiger partial charge in [-0.2, -0.15) is 0 Å². The van der Waals surface area contributed by atoms with Crippen molar-refractivity contribution < 1.29 is 4.74 Å². The average molecular weight is 224 g/mol. The Kier molecular flexibility index (Phi) is 5.14. The van der Waals surface area contributed by atoms with Gasteiger partial charge in [0.2, 0.25) is 0 Å². The van der Waals surface area contributed by atoms with Crippen LogP contribution in [-0.2, 0) is 17.9 Å². The van der Waals surface area contributed by atoms with Crippen LogP contribution >= 0.6 is 0 Å². The first-order chi connectivity index (χ1) is 7.65. The van der Waals surface area contributed by atoms with Gasteiger partial charge in [0.25, 0.3) is 0 Å². The maximum absolute atomic E-state index is 5.09. The van der Waals surface area contributed by atoms with Crippen LogP contribution in [-0.4, -0.2) is 42.6 Å². The minimum atomic E-state index is 0.515. The molecule has 1 rings (SSSR count). The fourth-order valence-corrected chi connectivity index (χ4v) is 1.40. The molecular weight excluding hydrogens is 204 g/mol. The Balaban J connectivity index is 2.88. The molecule has 0 bridgehead atoms. The van der Waals surface area contributed by atoms with Crippen molar-refractivity contribution in [1.29, 1.82) is 0 Å². The molecule has 0 atom stereocenters. The molecule has 90 valence electrons. The predicted molar refractivity (Wildman–Crippen MR) is 64.3 cm³/mol. The summed E-state index contributed by atoms with van der Waals surface area (Å²) in [7, 11) is 5.67. The van der Waals surface area contributed by atoms with Crippen LogP contribution in [0.2, 0.25) is 0 Å². The van der Waals surface area contributed by atoms with E-state index in [2.05, 4.69) is 15.3 Å². The van der Waals surface area contributed by atoms with Crippen molar-refractivity contribution in [3.63, 3.8) is 0 Å². The van der Waals surface area contributed by atoms with Crippen LogP contribution in [0.5, 0.6) is 0 Å². The lowest BCUT2D eigenvalue weighted by atomic mass is 10.3. The summed E-state index contributed by atoms with van der Waals surface area (Å²) in [5.41, 5.74) is 0.908. The number of nitrogens with zero attached hydrogens (tertiary/aromatic N) is 3. The van der Waals surface area contributed by atoms with Crippen molar-refractivity contribution in [1.82, 2.24) is 14.9 Å². The number of anilines is 1. The summed E-state index contributed by atoms with van der Waals surface area (Å²) in [6.07, 6.45) is 0. The molecule has 5 nitrogen and oxygen atoms in total. The first kappa shape index (κ1) is 12.9. The summed E-state index contributed by atoms with van der Waals surface area (Å²) in [5, 5.41) is 3.19. The predicted octanol–water partition coefficient (Wildman–Crippen LogP) is 1.12. The number of rotatable bonds is 6. The van der Waals surface area contributed by atoms with Crippen LogP contribution in [0, 0.1) is 0 Å². The summed E-state index contributed by atoms with van der Waals surface area (Å²) in [4.78, 5) is 10.9. The van der Waals surface area contributed by atoms with Gasteiger partial charge in [0.05, 0.1) is 18.8 Å². The number of aromatic nitrogens is 2. The highest BCUT2D eigenvalue weighted by atomic mass is 16.5. The van der Waals surface area contributed by atoms with E-state index in [1.807, 2.05) is 32.0 Å². The van der Waals surface area contributed by atoms with Crippen LogP contribution in [0.4, 0.5) is 5.82 Å². The number of nitrogens with one attached hydrogen (secondary N) is 1. The van der Waals surface area contributed by atoms with E-state index in [9.17, 15) is 0 Å². The maximum Gasteiger partial charge on any atom is 0.145 e. The van der Waals surface area contributed by atoms with Gasteiger partial charge in [-0.15, -0.1) is 0 Å². The van der Waals surface area contributed by atoms with Gasteiger partial charge in [0.15, 0.2) is 0 Å². The SMILES string of the molecule is CCNc1cc(COC)nc(CN(C)C)n1. The Labute approximate surface area is 96.8 Å². The third-order valence-electron chi connectivity index (χ3n) is 1.93. The van der Waals surface area contributed by atoms with Crippen molar-refractivity contribution >= 4 is 5.82 Å². The average Bonchev–Trinajstić information content (AvgIpc) is 2.17. The molecule has 1 aromatic heterocycles. The van der Waals surface area contributed by atoms with Crippen LogP contribution < -0.4 is 5.32 Å². The molecule has 5 heteroatoms. The van der Waals surface area contributed by atoms with E-state index in [4.69, 9.17) is 4.74 Å². The molecule has 1 N–H and O–H groups in total. The van der Waals surface area contributed by atoms with Crippen molar-refractivity contribution in [3.8, 4) is 0 Å². The second-order valence-electron chi connectivity index (χ2n) is 3.86. The zero-order valence-corrected chi connectivity index (χ0v) is 10.4. The van der Waals surface area contributed by atoms with Crippen LogP contribution in [0.3, 0.4) is 0 Å². The van der Waals surface area contributed by atoms with E-state index in [0.717, 1.165) is 30.4 Å². The van der Waals surface area contributed by atoms with Gasteiger partial charge in [0.1, 0.15) is 11.6 Å². The molecule has 0 spiro atoms. The molecule has 1 heterocycles. The molecule has 16 heavy (non-hydrogen) atoms. The maximum atomic E-state index is 5.09. The second-order valence-corrected chi connectivity index (χ2v) is 3.86. The Morgan fingerprint density at radius 1 is 1.38 bits per heavy atom. The standard InChI is InChI=1S/C11H20N4O/c1-5-12-10-6-9(8-16-4)13-11(14-10)7-15(2)3/h6H,5,7-8H2,1-4H3,(H,12,13,14). The number of hydrogen-bond donors (Lipinski definition) is 1. The molecule has 0 aliphatic heterocycles. The zero-order valence-electron chi connectivity index (χ0n) is 10.4. The molecule has 0 saturated heterocycles. The van der Waals surface area contributed by atoms with Gasteiger partial charge in [-0.1, -0.05) is 0 Å². The minimum Gasteiger partial charge on any atom is -0.378 e. The van der Waals surface area contributed by atoms with Crippen molar-refractivity contribution in [3.05, 3.63) is 17.6 Å². The van der Waals surface area contributed by atoms with E-state index in [1.54, 1.807) is 7.11 Å². The molecule has 0 aliphatic rings. The van der Waals surface area contributed by atoms with Gasteiger partial charge in [-0.3, -0.25) is 0 Å². The third kappa shape index (κ3) is 4.12. The second kappa shape index (κ2) is 6.40. The van der Waals surface area contributed by atoms with Gasteiger partial charge in [-0.25, -0.2) is 9.97 Å². The number of methoxy groups -OCH3 is 1. The van der Waals surface area contributed by atoms with Crippen molar-refractivity contribution in [2.75, 3.05) is 33.1 Å². The first-order valence-corrected chi connectivity index (χ1v) is 5.40. The normalized spacial score (nSPS) is 10.8. The van der Waals surface area contributed by atoms with E-state index >= 15 is 0 Å². The first-order valence-electron chi connectivity index (χ1n) is 5.40. The summed E-state index contributed by atoms with van der Waals surface area (Å²) in [6.45, 7) is 4.14. The summed E-state index contributed by atoms with van der Waals surface area (Å²) in [6, 6.07) is 1.92. The fourth-order valence-electron chi connectivity index (χ4n) is 1.40.